The van der Waals surface area contributed by atoms with Crippen LogP contribution in [0.5, 0.6) is 11.5 Å². The van der Waals surface area contributed by atoms with E-state index in [-0.39, 0.29) is 18.6 Å². The van der Waals surface area contributed by atoms with Crippen LogP contribution in [0.4, 0.5) is 5.82 Å². The van der Waals surface area contributed by atoms with E-state index in [1.54, 1.807) is 14.2 Å². The summed E-state index contributed by atoms with van der Waals surface area (Å²) in [5.74, 6) is 1.88. The number of ether oxygens (including phenoxy) is 2. The number of hydrogen-bond acceptors (Lipinski definition) is 10. The summed E-state index contributed by atoms with van der Waals surface area (Å²) < 4.78 is 12.9. The van der Waals surface area contributed by atoms with Crippen LogP contribution in [-0.4, -0.2) is 82.3 Å². The van der Waals surface area contributed by atoms with E-state index in [1.807, 2.05) is 9.58 Å². The molecule has 0 bridgehead atoms. The lowest BCUT2D eigenvalue weighted by Crippen LogP contribution is -2.40. The molecule has 1 amide bonds. The minimum Gasteiger partial charge on any atom is -0.493 e. The number of nitrogen functional groups attached to an aromatic ring is 1. The second-order valence-corrected chi connectivity index (χ2v) is 11.2. The van der Waals surface area contributed by atoms with Gasteiger partial charge in [0, 0.05) is 38.3 Å². The molecule has 2 aliphatic rings. The SMILES string of the molecule is C=CC(=O)N1CCCC(n2nc(-c3ccc(CN4CCc5cc(OC)c(OC)cc5C4)cc3)c3c(N)ncnc32)C1.N/C=N\CN. The highest BCUT2D eigenvalue weighted by atomic mass is 16.5. The molecule has 2 aliphatic heterocycles. The van der Waals surface area contributed by atoms with E-state index in [9.17, 15) is 4.79 Å². The Morgan fingerprint density at radius 2 is 1.85 bits per heavy atom. The molecule has 13 nitrogen and oxygen atoms in total. The number of amides is 1. The van der Waals surface area contributed by atoms with Crippen molar-refractivity contribution in [3.8, 4) is 22.8 Å². The van der Waals surface area contributed by atoms with Crippen molar-refractivity contribution in [1.29, 1.82) is 0 Å². The second-order valence-electron chi connectivity index (χ2n) is 11.2. The molecule has 1 unspecified atom stereocenters. The number of aliphatic imine (C=N–C) groups is 1. The lowest BCUT2D eigenvalue weighted by molar-refractivity contribution is -0.127. The van der Waals surface area contributed by atoms with Crippen molar-refractivity contribution in [2.75, 3.05) is 46.3 Å². The van der Waals surface area contributed by atoms with Crippen molar-refractivity contribution in [3.63, 3.8) is 0 Å². The largest absolute Gasteiger partial charge is 0.493 e. The molecule has 4 aromatic rings. The van der Waals surface area contributed by atoms with Gasteiger partial charge in [-0.1, -0.05) is 30.8 Å². The number of carbonyl (C=O) groups excluding carboxylic acids is 1. The van der Waals surface area contributed by atoms with E-state index in [4.69, 9.17) is 31.8 Å². The minimum absolute atomic E-state index is 0.00181. The molecule has 1 atom stereocenters. The van der Waals surface area contributed by atoms with Crippen molar-refractivity contribution in [3.05, 3.63) is 72.1 Å². The van der Waals surface area contributed by atoms with Crippen molar-refractivity contribution < 1.29 is 14.3 Å². The van der Waals surface area contributed by atoms with Crippen LogP contribution in [0.1, 0.15) is 35.6 Å². The molecule has 1 saturated heterocycles. The van der Waals surface area contributed by atoms with E-state index in [0.29, 0.717) is 18.0 Å². The number of fused-ring (bicyclic) bond motifs is 2. The molecule has 1 fully saturated rings. The number of likely N-dealkylation sites (tertiary alicyclic amines) is 1. The maximum atomic E-state index is 12.3. The molecule has 2 aromatic heterocycles. The van der Waals surface area contributed by atoms with Gasteiger partial charge in [-0.25, -0.2) is 14.6 Å². The number of carbonyl (C=O) groups is 1. The zero-order chi connectivity index (χ0) is 32.6. The molecule has 242 valence electrons. The summed E-state index contributed by atoms with van der Waals surface area (Å²) >= 11 is 0. The number of nitrogens with zero attached hydrogens (tertiary/aromatic N) is 7. The molecule has 0 radical (unpaired) electrons. The fourth-order valence-corrected chi connectivity index (χ4v) is 6.10. The third-order valence-electron chi connectivity index (χ3n) is 8.39. The summed E-state index contributed by atoms with van der Waals surface area (Å²) in [6.45, 7) is 7.87. The fraction of sp³-hybridized carbons (Fsp3) is 0.364. The zero-order valence-corrected chi connectivity index (χ0v) is 26.4. The average molecular weight is 627 g/mol. The Balaban J connectivity index is 0.000000775. The molecule has 0 spiro atoms. The van der Waals surface area contributed by atoms with Crippen molar-refractivity contribution in [2.45, 2.75) is 38.4 Å². The van der Waals surface area contributed by atoms with Crippen LogP contribution < -0.4 is 26.7 Å². The molecule has 0 aliphatic carbocycles. The topological polar surface area (TPSA) is 176 Å². The molecular weight excluding hydrogens is 584 g/mol. The molecule has 4 heterocycles. The highest BCUT2D eigenvalue weighted by Crippen LogP contribution is 2.35. The Labute approximate surface area is 268 Å². The number of benzene rings is 2. The van der Waals surface area contributed by atoms with Crippen LogP contribution in [0.3, 0.4) is 0 Å². The molecule has 2 aromatic carbocycles. The Morgan fingerprint density at radius 3 is 2.50 bits per heavy atom. The number of methoxy groups -OCH3 is 2. The van der Waals surface area contributed by atoms with E-state index in [0.717, 1.165) is 73.6 Å². The van der Waals surface area contributed by atoms with Crippen LogP contribution in [-0.2, 0) is 24.3 Å². The molecule has 6 N–H and O–H groups in total. The van der Waals surface area contributed by atoms with Crippen LogP contribution in [0.25, 0.3) is 22.3 Å². The van der Waals surface area contributed by atoms with Gasteiger partial charge in [0.15, 0.2) is 17.1 Å². The van der Waals surface area contributed by atoms with Crippen LogP contribution in [0, 0.1) is 0 Å². The Bertz CT molecular complexity index is 1700. The lowest BCUT2D eigenvalue weighted by atomic mass is 9.98. The van der Waals surface area contributed by atoms with Gasteiger partial charge in [-0.2, -0.15) is 5.10 Å². The smallest absolute Gasteiger partial charge is 0.246 e. The predicted molar refractivity (Wildman–Crippen MR) is 179 cm³/mol. The maximum absolute atomic E-state index is 12.3. The first kappa shape index (κ1) is 32.4. The molecule has 6 rings (SSSR count). The van der Waals surface area contributed by atoms with Gasteiger partial charge in [-0.15, -0.1) is 0 Å². The standard InChI is InChI=1S/C31H35N7O3.C2H7N3/c1-4-27(39)37-12-5-6-24(18-37)38-31-28(30(32)33-19-34-31)29(35-38)21-9-7-20(8-10-21)16-36-13-11-22-14-25(40-2)26(41-3)15-23(22)17-36;3-1-5-2-4/h4,7-10,14-15,19,24H,1,5-6,11-13,16-18H2,2-3H3,(H2,32,33,34);1H,2,4H2,(H2,3,5). The Hall–Kier alpha value is -5.01. The summed E-state index contributed by atoms with van der Waals surface area (Å²) in [5.41, 5.74) is 22.2. The van der Waals surface area contributed by atoms with Crippen molar-refractivity contribution in [2.24, 2.45) is 16.5 Å². The molecule has 0 saturated carbocycles. The van der Waals surface area contributed by atoms with Crippen LogP contribution in [0.2, 0.25) is 0 Å². The lowest BCUT2D eigenvalue weighted by Gasteiger charge is -2.32. The van der Waals surface area contributed by atoms with E-state index in [1.165, 1.54) is 35.4 Å². The van der Waals surface area contributed by atoms with Gasteiger partial charge in [0.05, 0.1) is 38.7 Å². The van der Waals surface area contributed by atoms with Gasteiger partial charge in [0.25, 0.3) is 0 Å². The molecule has 46 heavy (non-hydrogen) atoms. The quantitative estimate of drug-likeness (QED) is 0.150. The number of anilines is 1. The molecular formula is C33H42N10O3. The van der Waals surface area contributed by atoms with Gasteiger partial charge in [0.1, 0.15) is 17.8 Å². The van der Waals surface area contributed by atoms with Gasteiger partial charge >= 0.3 is 0 Å². The number of rotatable bonds is 8. The molecule has 13 heteroatoms. The summed E-state index contributed by atoms with van der Waals surface area (Å²) in [5, 5.41) is 5.74. The summed E-state index contributed by atoms with van der Waals surface area (Å²) in [6, 6.07) is 12.7. The summed E-state index contributed by atoms with van der Waals surface area (Å²) in [4.78, 5) is 28.8. The van der Waals surface area contributed by atoms with E-state index < -0.39 is 0 Å². The van der Waals surface area contributed by atoms with Crippen molar-refractivity contribution in [1.82, 2.24) is 29.5 Å². The maximum Gasteiger partial charge on any atom is 0.246 e. The fourth-order valence-electron chi connectivity index (χ4n) is 6.10. The van der Waals surface area contributed by atoms with Gasteiger partial charge < -0.3 is 31.6 Å². The summed E-state index contributed by atoms with van der Waals surface area (Å²) in [6.07, 6.45) is 6.77. The number of piperidine rings is 1. The number of aromatic nitrogens is 4. The van der Waals surface area contributed by atoms with E-state index in [2.05, 4.69) is 62.8 Å². The van der Waals surface area contributed by atoms with Gasteiger partial charge in [-0.05, 0) is 54.2 Å². The predicted octanol–water partition coefficient (Wildman–Crippen LogP) is 2.89. The van der Waals surface area contributed by atoms with E-state index >= 15 is 0 Å². The highest BCUT2D eigenvalue weighted by molar-refractivity contribution is 5.98. The third-order valence-corrected chi connectivity index (χ3v) is 8.39. The number of nitrogens with two attached hydrogens (primary N) is 3. The minimum atomic E-state index is -0.0628. The van der Waals surface area contributed by atoms with Gasteiger partial charge in [-0.3, -0.25) is 14.7 Å². The zero-order valence-electron chi connectivity index (χ0n) is 26.4. The monoisotopic (exact) mass is 626 g/mol. The van der Waals surface area contributed by atoms with Crippen molar-refractivity contribution >= 4 is 29.1 Å². The van der Waals surface area contributed by atoms with Crippen LogP contribution >= 0.6 is 0 Å². The first-order valence-corrected chi connectivity index (χ1v) is 15.3. The highest BCUT2D eigenvalue weighted by Gasteiger charge is 2.28. The first-order valence-electron chi connectivity index (χ1n) is 15.3. The van der Waals surface area contributed by atoms with Gasteiger partial charge in [0.2, 0.25) is 5.91 Å². The first-order chi connectivity index (χ1) is 22.4. The normalized spacial score (nSPS) is 16.5. The summed E-state index contributed by atoms with van der Waals surface area (Å²) in [7, 11) is 3.35. The average Bonchev–Trinajstić information content (AvgIpc) is 3.49. The third kappa shape index (κ3) is 6.95. The second kappa shape index (κ2) is 14.8. The van der Waals surface area contributed by atoms with Crippen LogP contribution in [0.15, 0.2) is 60.4 Å². The Kier molecular flexibility index (Phi) is 10.5. The number of hydrogen-bond donors (Lipinski definition) is 3. The Morgan fingerprint density at radius 1 is 1.11 bits per heavy atom.